The van der Waals surface area contributed by atoms with Crippen LogP contribution in [0, 0.1) is 0 Å². The number of aromatic carboxylic acids is 1. The van der Waals surface area contributed by atoms with E-state index in [0.29, 0.717) is 17.1 Å². The fourth-order valence-corrected chi connectivity index (χ4v) is 1.83. The fourth-order valence-electron chi connectivity index (χ4n) is 1.83. The summed E-state index contributed by atoms with van der Waals surface area (Å²) in [5.74, 6) is -0.0289. The highest BCUT2D eigenvalue weighted by Gasteiger charge is 2.13. The molecule has 104 valence electrons. The Morgan fingerprint density at radius 2 is 1.95 bits per heavy atom. The van der Waals surface area contributed by atoms with Crippen molar-refractivity contribution in [1.29, 1.82) is 0 Å². The summed E-state index contributed by atoms with van der Waals surface area (Å²) >= 11 is 0. The third kappa shape index (κ3) is 2.71. The topological polar surface area (TPSA) is 93.5 Å². The Labute approximate surface area is 119 Å². The van der Waals surface area contributed by atoms with E-state index in [1.165, 1.54) is 29.6 Å². The zero-order chi connectivity index (χ0) is 14.7. The highest BCUT2D eigenvalue weighted by Crippen LogP contribution is 2.25. The van der Waals surface area contributed by atoms with Gasteiger partial charge in [0.15, 0.2) is 0 Å². The maximum absolute atomic E-state index is 11.2. The van der Waals surface area contributed by atoms with Gasteiger partial charge >= 0.3 is 5.97 Å². The van der Waals surface area contributed by atoms with Crippen molar-refractivity contribution in [3.63, 3.8) is 0 Å². The first-order valence-electron chi connectivity index (χ1n) is 6.05. The van der Waals surface area contributed by atoms with Crippen LogP contribution in [0.2, 0.25) is 0 Å². The molecule has 0 atom stereocenters. The Hall–Kier alpha value is -3.22. The van der Waals surface area contributed by atoms with Crippen molar-refractivity contribution in [2.75, 3.05) is 0 Å². The van der Waals surface area contributed by atoms with Gasteiger partial charge in [0.25, 0.3) is 0 Å². The first-order valence-corrected chi connectivity index (χ1v) is 6.05. The molecule has 1 aromatic carbocycles. The summed E-state index contributed by atoms with van der Waals surface area (Å²) in [7, 11) is 0. The summed E-state index contributed by atoms with van der Waals surface area (Å²) in [6.45, 7) is 0. The van der Waals surface area contributed by atoms with Gasteiger partial charge in [-0.05, 0) is 18.2 Å². The van der Waals surface area contributed by atoms with Gasteiger partial charge in [0.1, 0.15) is 24.2 Å². The minimum atomic E-state index is -0.998. The number of carboxylic acid groups (broad SMARTS) is 1. The molecule has 3 rings (SSSR count). The van der Waals surface area contributed by atoms with E-state index in [-0.39, 0.29) is 5.56 Å². The number of carbonyl (C=O) groups is 1. The minimum Gasteiger partial charge on any atom is -0.478 e. The van der Waals surface area contributed by atoms with E-state index in [4.69, 9.17) is 4.42 Å². The van der Waals surface area contributed by atoms with Gasteiger partial charge in [-0.2, -0.15) is 5.10 Å². The lowest BCUT2D eigenvalue weighted by molar-refractivity contribution is 0.0697. The molecule has 2 aromatic heterocycles. The molecular formula is C14H10N4O3. The molecule has 0 saturated heterocycles. The van der Waals surface area contributed by atoms with Crippen molar-refractivity contribution >= 4 is 12.2 Å². The molecule has 0 aliphatic heterocycles. The smallest absolute Gasteiger partial charge is 0.336 e. The van der Waals surface area contributed by atoms with Gasteiger partial charge in [-0.25, -0.2) is 9.47 Å². The molecule has 7 heteroatoms. The third-order valence-electron chi connectivity index (χ3n) is 2.77. The predicted molar refractivity (Wildman–Crippen MR) is 74.1 cm³/mol. The second kappa shape index (κ2) is 5.41. The lowest BCUT2D eigenvalue weighted by atomic mass is 10.1. The highest BCUT2D eigenvalue weighted by molar-refractivity contribution is 5.95. The maximum atomic E-state index is 11.2. The molecular weight excluding hydrogens is 272 g/mol. The van der Waals surface area contributed by atoms with E-state index in [1.54, 1.807) is 30.3 Å². The Morgan fingerprint density at radius 1 is 1.19 bits per heavy atom. The monoisotopic (exact) mass is 282 g/mol. The van der Waals surface area contributed by atoms with Crippen LogP contribution in [-0.4, -0.2) is 32.2 Å². The van der Waals surface area contributed by atoms with Crippen molar-refractivity contribution in [2.45, 2.75) is 0 Å². The average molecular weight is 282 g/mol. The molecule has 0 spiro atoms. The molecule has 2 heterocycles. The van der Waals surface area contributed by atoms with Crippen LogP contribution >= 0.6 is 0 Å². The van der Waals surface area contributed by atoms with Crippen LogP contribution in [0.4, 0.5) is 0 Å². The Balaban J connectivity index is 1.90. The van der Waals surface area contributed by atoms with Crippen LogP contribution in [0.15, 0.2) is 58.6 Å². The van der Waals surface area contributed by atoms with Crippen molar-refractivity contribution in [3.05, 3.63) is 60.4 Å². The molecule has 0 aliphatic carbocycles. The molecule has 1 N–H and O–H groups in total. The summed E-state index contributed by atoms with van der Waals surface area (Å²) in [6.07, 6.45) is 4.39. The molecule has 0 bridgehead atoms. The van der Waals surface area contributed by atoms with Gasteiger partial charge in [0.05, 0.1) is 11.8 Å². The molecule has 0 aliphatic rings. The van der Waals surface area contributed by atoms with Crippen molar-refractivity contribution in [1.82, 2.24) is 14.9 Å². The summed E-state index contributed by atoms with van der Waals surface area (Å²) in [6, 6.07) is 10.1. The van der Waals surface area contributed by atoms with Crippen LogP contribution in [0.25, 0.3) is 11.3 Å². The van der Waals surface area contributed by atoms with E-state index in [0.717, 1.165) is 0 Å². The Bertz CT molecular complexity index is 790. The van der Waals surface area contributed by atoms with Gasteiger partial charge < -0.3 is 9.52 Å². The molecule has 21 heavy (non-hydrogen) atoms. The molecule has 0 fully saturated rings. The van der Waals surface area contributed by atoms with E-state index < -0.39 is 5.97 Å². The molecule has 7 nitrogen and oxygen atoms in total. The van der Waals surface area contributed by atoms with Gasteiger partial charge in [-0.15, -0.1) is 10.2 Å². The molecule has 0 radical (unpaired) electrons. The zero-order valence-electron chi connectivity index (χ0n) is 10.7. The van der Waals surface area contributed by atoms with Crippen LogP contribution in [0.3, 0.4) is 0 Å². The third-order valence-corrected chi connectivity index (χ3v) is 2.77. The lowest BCUT2D eigenvalue weighted by Gasteiger charge is -2.01. The first kappa shape index (κ1) is 12.8. The summed E-state index contributed by atoms with van der Waals surface area (Å²) in [5, 5.41) is 20.5. The number of benzene rings is 1. The molecule has 0 unspecified atom stereocenters. The quantitative estimate of drug-likeness (QED) is 0.740. The van der Waals surface area contributed by atoms with Crippen molar-refractivity contribution in [2.24, 2.45) is 5.10 Å². The number of aromatic nitrogens is 3. The second-order valence-corrected chi connectivity index (χ2v) is 4.14. The number of carboxylic acids is 1. The van der Waals surface area contributed by atoms with Gasteiger partial charge in [-0.1, -0.05) is 18.2 Å². The average Bonchev–Trinajstić information content (AvgIpc) is 3.16. The van der Waals surface area contributed by atoms with Crippen LogP contribution < -0.4 is 0 Å². The SMILES string of the molecule is O=C(O)c1ccccc1-c1ccc(C=Nn2cnnc2)o1. The van der Waals surface area contributed by atoms with Gasteiger partial charge in [0.2, 0.25) is 0 Å². The summed E-state index contributed by atoms with van der Waals surface area (Å²) in [4.78, 5) is 11.2. The molecule has 0 amide bonds. The largest absolute Gasteiger partial charge is 0.478 e. The number of furan rings is 1. The Kier molecular flexibility index (Phi) is 3.30. The minimum absolute atomic E-state index is 0.189. The summed E-state index contributed by atoms with van der Waals surface area (Å²) < 4.78 is 7.02. The lowest BCUT2D eigenvalue weighted by Crippen LogP contribution is -1.98. The van der Waals surface area contributed by atoms with Crippen LogP contribution in [0.1, 0.15) is 16.1 Å². The zero-order valence-corrected chi connectivity index (χ0v) is 10.7. The summed E-state index contributed by atoms with van der Waals surface area (Å²) in [5.41, 5.74) is 0.711. The standard InChI is InChI=1S/C14H10N4O3/c19-14(20)12-4-2-1-3-11(12)13-6-5-10(21-13)7-17-18-8-15-16-9-18/h1-9H,(H,19,20). The highest BCUT2D eigenvalue weighted by atomic mass is 16.4. The van der Waals surface area contributed by atoms with Crippen molar-refractivity contribution < 1.29 is 14.3 Å². The Morgan fingerprint density at radius 3 is 2.71 bits per heavy atom. The van der Waals surface area contributed by atoms with Crippen molar-refractivity contribution in [3.8, 4) is 11.3 Å². The second-order valence-electron chi connectivity index (χ2n) is 4.14. The molecule has 0 saturated carbocycles. The van der Waals surface area contributed by atoms with Gasteiger partial charge in [-0.3, -0.25) is 0 Å². The van der Waals surface area contributed by atoms with E-state index in [2.05, 4.69) is 15.3 Å². The number of hydrogen-bond acceptors (Lipinski definition) is 5. The van der Waals surface area contributed by atoms with Crippen LogP contribution in [0.5, 0.6) is 0 Å². The molecule has 3 aromatic rings. The predicted octanol–water partition coefficient (Wildman–Crippen LogP) is 2.12. The first-order chi connectivity index (χ1) is 10.2. The normalized spacial score (nSPS) is 11.0. The maximum Gasteiger partial charge on any atom is 0.336 e. The fraction of sp³-hybridized carbons (Fsp3) is 0. The number of rotatable bonds is 4. The number of nitrogens with zero attached hydrogens (tertiary/aromatic N) is 4. The number of hydrogen-bond donors (Lipinski definition) is 1. The van der Waals surface area contributed by atoms with E-state index >= 15 is 0 Å². The van der Waals surface area contributed by atoms with Gasteiger partial charge in [0, 0.05) is 5.56 Å². The van der Waals surface area contributed by atoms with E-state index in [1.807, 2.05) is 0 Å². The van der Waals surface area contributed by atoms with Crippen LogP contribution in [-0.2, 0) is 0 Å². The van der Waals surface area contributed by atoms with E-state index in [9.17, 15) is 9.90 Å².